The second kappa shape index (κ2) is 4.74. The van der Waals surface area contributed by atoms with Gasteiger partial charge in [0.2, 0.25) is 0 Å². The summed E-state index contributed by atoms with van der Waals surface area (Å²) in [7, 11) is 4.31. The normalized spacial score (nSPS) is 26.0. The van der Waals surface area contributed by atoms with Gasteiger partial charge in [-0.15, -0.1) is 0 Å². The number of halogens is 1. The minimum atomic E-state index is 0.128. The first-order valence-corrected chi connectivity index (χ1v) is 6.17. The van der Waals surface area contributed by atoms with Crippen molar-refractivity contribution in [2.24, 2.45) is 0 Å². The summed E-state index contributed by atoms with van der Waals surface area (Å²) in [4.78, 5) is 2.32. The van der Waals surface area contributed by atoms with E-state index in [4.69, 9.17) is 11.6 Å². The van der Waals surface area contributed by atoms with E-state index in [0.29, 0.717) is 0 Å². The molecule has 1 aromatic rings. The maximum Gasteiger partial charge on any atom is 0.0581 e. The van der Waals surface area contributed by atoms with Gasteiger partial charge in [0.25, 0.3) is 0 Å². The van der Waals surface area contributed by atoms with Crippen LogP contribution < -0.4 is 5.32 Å². The number of hydrogen-bond acceptors (Lipinski definition) is 2. The number of rotatable bonds is 2. The molecular weight excluding hydrogens is 220 g/mol. The van der Waals surface area contributed by atoms with E-state index in [-0.39, 0.29) is 5.54 Å². The third-order valence-corrected chi connectivity index (χ3v) is 3.85. The molecule has 0 saturated carbocycles. The van der Waals surface area contributed by atoms with Crippen molar-refractivity contribution < 1.29 is 0 Å². The maximum absolute atomic E-state index is 5.95. The van der Waals surface area contributed by atoms with Crippen LogP contribution in [0, 0.1) is 0 Å². The summed E-state index contributed by atoms with van der Waals surface area (Å²) < 4.78 is 0. The number of nitrogens with one attached hydrogen (secondary N) is 1. The molecule has 1 aliphatic heterocycles. The van der Waals surface area contributed by atoms with Crippen molar-refractivity contribution in [3.63, 3.8) is 0 Å². The predicted molar refractivity (Wildman–Crippen MR) is 68.9 cm³/mol. The summed E-state index contributed by atoms with van der Waals surface area (Å²) in [5, 5.41) is 4.30. The molecule has 0 aromatic heterocycles. The van der Waals surface area contributed by atoms with Crippen molar-refractivity contribution in [1.82, 2.24) is 10.2 Å². The predicted octanol–water partition coefficient (Wildman–Crippen LogP) is 2.48. The van der Waals surface area contributed by atoms with Crippen LogP contribution in [0.4, 0.5) is 0 Å². The van der Waals surface area contributed by atoms with Gasteiger partial charge in [-0.3, -0.25) is 4.90 Å². The van der Waals surface area contributed by atoms with Crippen LogP contribution in [0.3, 0.4) is 0 Å². The van der Waals surface area contributed by atoms with Gasteiger partial charge in [0.15, 0.2) is 0 Å². The van der Waals surface area contributed by atoms with Crippen molar-refractivity contribution in [3.8, 4) is 0 Å². The van der Waals surface area contributed by atoms with Crippen molar-refractivity contribution in [2.45, 2.75) is 18.4 Å². The average Bonchev–Trinajstić information content (AvgIpc) is 2.30. The van der Waals surface area contributed by atoms with Crippen molar-refractivity contribution >= 4 is 11.6 Å². The van der Waals surface area contributed by atoms with Crippen LogP contribution in [-0.4, -0.2) is 32.1 Å². The van der Waals surface area contributed by atoms with E-state index in [1.54, 1.807) is 0 Å². The van der Waals surface area contributed by atoms with Gasteiger partial charge in [0.1, 0.15) is 0 Å². The highest BCUT2D eigenvalue weighted by Gasteiger charge is 2.35. The van der Waals surface area contributed by atoms with Crippen molar-refractivity contribution in [1.29, 1.82) is 0 Å². The molecule has 1 saturated heterocycles. The van der Waals surface area contributed by atoms with Gasteiger partial charge in [-0.25, -0.2) is 0 Å². The third kappa shape index (κ3) is 2.10. The largest absolute Gasteiger partial charge is 0.315 e. The monoisotopic (exact) mass is 238 g/mol. The smallest absolute Gasteiger partial charge is 0.0581 e. The second-order valence-electron chi connectivity index (χ2n) is 4.71. The number of nitrogens with zero attached hydrogens (tertiary/aromatic N) is 1. The number of benzene rings is 1. The zero-order valence-corrected chi connectivity index (χ0v) is 10.7. The molecule has 1 aliphatic rings. The SMILES string of the molecule is CN(C)C1(c2ccc(Cl)cc2)CCCNC1. The van der Waals surface area contributed by atoms with E-state index in [1.807, 2.05) is 12.1 Å². The topological polar surface area (TPSA) is 15.3 Å². The fraction of sp³-hybridized carbons (Fsp3) is 0.538. The van der Waals surface area contributed by atoms with Crippen LogP contribution in [0.5, 0.6) is 0 Å². The van der Waals surface area contributed by atoms with Crippen molar-refractivity contribution in [2.75, 3.05) is 27.2 Å². The summed E-state index contributed by atoms with van der Waals surface area (Å²) in [6, 6.07) is 8.26. The van der Waals surface area contributed by atoms with Crippen LogP contribution in [0.2, 0.25) is 5.02 Å². The fourth-order valence-electron chi connectivity index (χ4n) is 2.54. The van der Waals surface area contributed by atoms with Gasteiger partial charge in [-0.1, -0.05) is 23.7 Å². The molecule has 1 heterocycles. The molecule has 16 heavy (non-hydrogen) atoms. The third-order valence-electron chi connectivity index (χ3n) is 3.60. The second-order valence-corrected chi connectivity index (χ2v) is 5.15. The van der Waals surface area contributed by atoms with Gasteiger partial charge >= 0.3 is 0 Å². The summed E-state index contributed by atoms with van der Waals surface area (Å²) in [6.07, 6.45) is 2.43. The Morgan fingerprint density at radius 2 is 1.94 bits per heavy atom. The highest BCUT2D eigenvalue weighted by atomic mass is 35.5. The molecular formula is C13H19ClN2. The Balaban J connectivity index is 2.34. The van der Waals surface area contributed by atoms with Crippen LogP contribution >= 0.6 is 11.6 Å². The first-order valence-electron chi connectivity index (χ1n) is 5.79. The molecule has 2 rings (SSSR count). The number of hydrogen-bond donors (Lipinski definition) is 1. The first-order chi connectivity index (χ1) is 7.65. The Hall–Kier alpha value is -0.570. The molecule has 0 aliphatic carbocycles. The average molecular weight is 239 g/mol. The molecule has 1 fully saturated rings. The standard InChI is InChI=1S/C13H19ClN2/c1-16(2)13(8-3-9-15-10-13)11-4-6-12(14)7-5-11/h4-7,15H,3,8-10H2,1-2H3. The lowest BCUT2D eigenvalue weighted by atomic mass is 9.82. The Morgan fingerprint density at radius 1 is 1.25 bits per heavy atom. The Kier molecular flexibility index (Phi) is 3.53. The maximum atomic E-state index is 5.95. The van der Waals surface area contributed by atoms with Crippen LogP contribution in [0.25, 0.3) is 0 Å². The molecule has 0 radical (unpaired) electrons. The highest BCUT2D eigenvalue weighted by Crippen LogP contribution is 2.33. The molecule has 0 amide bonds. The first kappa shape index (κ1) is 11.9. The minimum absolute atomic E-state index is 0.128. The Morgan fingerprint density at radius 3 is 2.44 bits per heavy atom. The molecule has 1 unspecified atom stereocenters. The summed E-state index contributed by atoms with van der Waals surface area (Å²) in [5.74, 6) is 0. The van der Waals surface area contributed by atoms with Gasteiger partial charge in [0.05, 0.1) is 5.54 Å². The number of likely N-dealkylation sites (N-methyl/N-ethyl adjacent to an activating group) is 1. The van der Waals surface area contributed by atoms with Gasteiger partial charge in [0, 0.05) is 11.6 Å². The van der Waals surface area contributed by atoms with Crippen LogP contribution in [-0.2, 0) is 5.54 Å². The zero-order chi connectivity index (χ0) is 11.6. The van der Waals surface area contributed by atoms with Gasteiger partial charge in [-0.05, 0) is 51.2 Å². The summed E-state index contributed by atoms with van der Waals surface area (Å²) >= 11 is 5.95. The zero-order valence-electron chi connectivity index (χ0n) is 9.96. The summed E-state index contributed by atoms with van der Waals surface area (Å²) in [5.41, 5.74) is 1.48. The minimum Gasteiger partial charge on any atom is -0.315 e. The lowest BCUT2D eigenvalue weighted by molar-refractivity contribution is 0.113. The van der Waals surface area contributed by atoms with Gasteiger partial charge < -0.3 is 5.32 Å². The fourth-order valence-corrected chi connectivity index (χ4v) is 2.66. The van der Waals surface area contributed by atoms with Crippen LogP contribution in [0.1, 0.15) is 18.4 Å². The molecule has 1 N–H and O–H groups in total. The Bertz CT molecular complexity index is 339. The van der Waals surface area contributed by atoms with E-state index in [1.165, 1.54) is 18.4 Å². The number of piperidine rings is 1. The van der Waals surface area contributed by atoms with E-state index < -0.39 is 0 Å². The van der Waals surface area contributed by atoms with Crippen LogP contribution in [0.15, 0.2) is 24.3 Å². The van der Waals surface area contributed by atoms with E-state index in [2.05, 4.69) is 36.4 Å². The molecule has 0 spiro atoms. The van der Waals surface area contributed by atoms with E-state index in [9.17, 15) is 0 Å². The van der Waals surface area contributed by atoms with E-state index >= 15 is 0 Å². The molecule has 3 heteroatoms. The highest BCUT2D eigenvalue weighted by molar-refractivity contribution is 6.30. The quantitative estimate of drug-likeness (QED) is 0.852. The van der Waals surface area contributed by atoms with E-state index in [0.717, 1.165) is 18.1 Å². The Labute approximate surface area is 103 Å². The molecule has 88 valence electrons. The van der Waals surface area contributed by atoms with Crippen molar-refractivity contribution in [3.05, 3.63) is 34.9 Å². The molecule has 1 atom stereocenters. The molecule has 0 bridgehead atoms. The lowest BCUT2D eigenvalue weighted by Gasteiger charge is -2.43. The lowest BCUT2D eigenvalue weighted by Crippen LogP contribution is -2.52. The summed E-state index contributed by atoms with van der Waals surface area (Å²) in [6.45, 7) is 2.14. The molecule has 2 nitrogen and oxygen atoms in total. The van der Waals surface area contributed by atoms with Gasteiger partial charge in [-0.2, -0.15) is 0 Å². The molecule has 1 aromatic carbocycles.